The van der Waals surface area contributed by atoms with Crippen molar-refractivity contribution in [3.05, 3.63) is 28.2 Å². The minimum Gasteiger partial charge on any atom is -0.368 e. The third kappa shape index (κ3) is 2.87. The van der Waals surface area contributed by atoms with Gasteiger partial charge in [-0.1, -0.05) is 28.4 Å². The number of fused-ring (bicyclic) bond motifs is 1. The fraction of sp³-hybridized carbons (Fsp3) is 0.625. The summed E-state index contributed by atoms with van der Waals surface area (Å²) in [5.74, 6) is 0. The first-order valence-electron chi connectivity index (χ1n) is 7.69. The molecule has 2 aliphatic heterocycles. The van der Waals surface area contributed by atoms with Gasteiger partial charge in [-0.2, -0.15) is 0 Å². The molecule has 2 aliphatic rings. The van der Waals surface area contributed by atoms with Crippen molar-refractivity contribution >= 4 is 21.6 Å². The fourth-order valence-corrected chi connectivity index (χ4v) is 3.90. The molecule has 4 heteroatoms. The normalized spacial score (nSPS) is 25.4. The molecule has 3 rings (SSSR count). The van der Waals surface area contributed by atoms with Gasteiger partial charge in [-0.15, -0.1) is 0 Å². The molecule has 2 heterocycles. The standard InChI is InChI=1S/C16H24BrN3/c1-12(18)15-6-5-13(17)10-16(15)20-9-8-19-7-3-2-4-14(19)11-20/h5-6,10,12,14H,2-4,7-9,11,18H2,1H3. The minimum atomic E-state index is 0.0856. The quantitative estimate of drug-likeness (QED) is 0.899. The van der Waals surface area contributed by atoms with Gasteiger partial charge in [0.05, 0.1) is 0 Å². The van der Waals surface area contributed by atoms with Crippen molar-refractivity contribution in [2.24, 2.45) is 5.73 Å². The van der Waals surface area contributed by atoms with Gasteiger partial charge in [0.1, 0.15) is 0 Å². The molecule has 2 fully saturated rings. The Morgan fingerprint density at radius 1 is 1.25 bits per heavy atom. The first-order valence-corrected chi connectivity index (χ1v) is 8.48. The van der Waals surface area contributed by atoms with Crippen molar-refractivity contribution in [2.75, 3.05) is 31.1 Å². The maximum Gasteiger partial charge on any atom is 0.0426 e. The zero-order chi connectivity index (χ0) is 14.1. The van der Waals surface area contributed by atoms with Crippen LogP contribution < -0.4 is 10.6 Å². The highest BCUT2D eigenvalue weighted by molar-refractivity contribution is 9.10. The molecule has 0 spiro atoms. The molecule has 3 nitrogen and oxygen atoms in total. The molecule has 0 aliphatic carbocycles. The van der Waals surface area contributed by atoms with Crippen molar-refractivity contribution in [3.8, 4) is 0 Å². The van der Waals surface area contributed by atoms with Crippen LogP contribution in [0.25, 0.3) is 0 Å². The van der Waals surface area contributed by atoms with E-state index in [1.807, 2.05) is 0 Å². The van der Waals surface area contributed by atoms with Gasteiger partial charge < -0.3 is 10.6 Å². The van der Waals surface area contributed by atoms with Crippen LogP contribution in [0.2, 0.25) is 0 Å². The van der Waals surface area contributed by atoms with Gasteiger partial charge >= 0.3 is 0 Å². The smallest absolute Gasteiger partial charge is 0.0426 e. The lowest BCUT2D eigenvalue weighted by Gasteiger charge is -2.45. The lowest BCUT2D eigenvalue weighted by Crippen LogP contribution is -2.55. The Kier molecular flexibility index (Phi) is 4.34. The summed E-state index contributed by atoms with van der Waals surface area (Å²) in [5.41, 5.74) is 8.73. The Morgan fingerprint density at radius 2 is 2.10 bits per heavy atom. The molecule has 1 aromatic carbocycles. The molecule has 110 valence electrons. The second kappa shape index (κ2) is 6.04. The minimum absolute atomic E-state index is 0.0856. The topological polar surface area (TPSA) is 32.5 Å². The SMILES string of the molecule is CC(N)c1ccc(Br)cc1N1CCN2CCCCC2C1. The predicted octanol–water partition coefficient (Wildman–Crippen LogP) is 3.14. The van der Waals surface area contributed by atoms with Gasteiger partial charge in [0.25, 0.3) is 0 Å². The van der Waals surface area contributed by atoms with E-state index < -0.39 is 0 Å². The number of halogens is 1. The molecule has 2 unspecified atom stereocenters. The molecule has 0 aromatic heterocycles. The largest absolute Gasteiger partial charge is 0.368 e. The molecule has 0 bridgehead atoms. The zero-order valence-electron chi connectivity index (χ0n) is 12.2. The highest BCUT2D eigenvalue weighted by Crippen LogP contribution is 2.32. The van der Waals surface area contributed by atoms with Gasteiger partial charge in [-0.3, -0.25) is 4.90 Å². The van der Waals surface area contributed by atoms with Crippen LogP contribution in [0.3, 0.4) is 0 Å². The number of rotatable bonds is 2. The Morgan fingerprint density at radius 3 is 2.90 bits per heavy atom. The summed E-state index contributed by atoms with van der Waals surface area (Å²) in [5, 5.41) is 0. The van der Waals surface area contributed by atoms with Crippen molar-refractivity contribution in [1.82, 2.24) is 4.90 Å². The van der Waals surface area contributed by atoms with E-state index in [-0.39, 0.29) is 6.04 Å². The number of piperidine rings is 1. The van der Waals surface area contributed by atoms with Crippen LogP contribution in [0.15, 0.2) is 22.7 Å². The predicted molar refractivity (Wildman–Crippen MR) is 88.2 cm³/mol. The molecule has 0 radical (unpaired) electrons. The van der Waals surface area contributed by atoms with E-state index in [0.29, 0.717) is 0 Å². The highest BCUT2D eigenvalue weighted by Gasteiger charge is 2.29. The Labute approximate surface area is 130 Å². The third-order valence-electron chi connectivity index (χ3n) is 4.66. The summed E-state index contributed by atoms with van der Waals surface area (Å²) in [6, 6.07) is 7.31. The molecular weight excluding hydrogens is 314 g/mol. The second-order valence-electron chi connectivity index (χ2n) is 6.12. The summed E-state index contributed by atoms with van der Waals surface area (Å²) in [6.45, 7) is 6.82. The van der Waals surface area contributed by atoms with E-state index in [9.17, 15) is 0 Å². The van der Waals surface area contributed by atoms with Crippen LogP contribution >= 0.6 is 15.9 Å². The van der Waals surface area contributed by atoms with Crippen LogP contribution in [-0.4, -0.2) is 37.1 Å². The van der Waals surface area contributed by atoms with Crippen LogP contribution in [0.4, 0.5) is 5.69 Å². The Bertz CT molecular complexity index is 475. The third-order valence-corrected chi connectivity index (χ3v) is 5.15. The van der Waals surface area contributed by atoms with Crippen LogP contribution in [0, 0.1) is 0 Å². The molecule has 20 heavy (non-hydrogen) atoms. The van der Waals surface area contributed by atoms with E-state index in [4.69, 9.17) is 5.73 Å². The summed E-state index contributed by atoms with van der Waals surface area (Å²) < 4.78 is 1.14. The molecule has 2 atom stereocenters. The van der Waals surface area contributed by atoms with Crippen LogP contribution in [-0.2, 0) is 0 Å². The van der Waals surface area contributed by atoms with Crippen LogP contribution in [0.5, 0.6) is 0 Å². The van der Waals surface area contributed by atoms with Crippen LogP contribution in [0.1, 0.15) is 37.8 Å². The van der Waals surface area contributed by atoms with Crippen molar-refractivity contribution in [2.45, 2.75) is 38.3 Å². The van der Waals surface area contributed by atoms with E-state index in [2.05, 4.69) is 50.9 Å². The number of piperazine rings is 1. The summed E-state index contributed by atoms with van der Waals surface area (Å²) in [7, 11) is 0. The zero-order valence-corrected chi connectivity index (χ0v) is 13.8. The van der Waals surface area contributed by atoms with E-state index in [0.717, 1.165) is 23.6 Å². The number of nitrogens with two attached hydrogens (primary N) is 1. The Hall–Kier alpha value is -0.580. The summed E-state index contributed by atoms with van der Waals surface area (Å²) in [6.07, 6.45) is 4.10. The van der Waals surface area contributed by atoms with E-state index in [1.54, 1.807) is 0 Å². The summed E-state index contributed by atoms with van der Waals surface area (Å²) in [4.78, 5) is 5.21. The first kappa shape index (κ1) is 14.4. The van der Waals surface area contributed by atoms with Gasteiger partial charge in [0.2, 0.25) is 0 Å². The Balaban J connectivity index is 1.84. The lowest BCUT2D eigenvalue weighted by molar-refractivity contribution is 0.133. The summed E-state index contributed by atoms with van der Waals surface area (Å²) >= 11 is 3.60. The van der Waals surface area contributed by atoms with E-state index >= 15 is 0 Å². The second-order valence-corrected chi connectivity index (χ2v) is 7.04. The van der Waals surface area contributed by atoms with Gasteiger partial charge in [0, 0.05) is 41.9 Å². The van der Waals surface area contributed by atoms with Crippen molar-refractivity contribution in [3.63, 3.8) is 0 Å². The van der Waals surface area contributed by atoms with Gasteiger partial charge in [-0.25, -0.2) is 0 Å². The van der Waals surface area contributed by atoms with Crippen molar-refractivity contribution in [1.29, 1.82) is 0 Å². The molecule has 2 N–H and O–H groups in total. The number of benzene rings is 1. The molecule has 0 amide bonds. The maximum absolute atomic E-state index is 6.15. The number of anilines is 1. The van der Waals surface area contributed by atoms with Gasteiger partial charge in [0.15, 0.2) is 0 Å². The molecular formula is C16H24BrN3. The van der Waals surface area contributed by atoms with Gasteiger partial charge in [-0.05, 0) is 44.0 Å². The molecule has 0 saturated carbocycles. The van der Waals surface area contributed by atoms with E-state index in [1.165, 1.54) is 43.6 Å². The molecule has 2 saturated heterocycles. The average molecular weight is 338 g/mol. The number of nitrogens with zero attached hydrogens (tertiary/aromatic N) is 2. The number of hydrogen-bond acceptors (Lipinski definition) is 3. The monoisotopic (exact) mass is 337 g/mol. The first-order chi connectivity index (χ1) is 9.65. The van der Waals surface area contributed by atoms with Crippen molar-refractivity contribution < 1.29 is 0 Å². The maximum atomic E-state index is 6.15. The number of hydrogen-bond donors (Lipinski definition) is 1. The molecule has 1 aromatic rings. The lowest BCUT2D eigenvalue weighted by atomic mass is 9.98. The highest BCUT2D eigenvalue weighted by atomic mass is 79.9. The fourth-order valence-electron chi connectivity index (χ4n) is 3.55. The average Bonchev–Trinajstić information content (AvgIpc) is 2.46.